The van der Waals surface area contributed by atoms with Crippen molar-refractivity contribution in [2.75, 3.05) is 6.54 Å². The fraction of sp³-hybridized carbons (Fsp3) is 0.833. The maximum atomic E-state index is 12.1. The standard InChI is InChI=1S/C12H22N2O3/c1-5-12(3,4)13-11(17)10-6-9(16)7-14(10)8(2)15/h9-10,16H,5-7H2,1-4H3,(H,13,17)/t9-,10+/m0/s1. The second-order valence-electron chi connectivity index (χ2n) is 5.30. The van der Waals surface area contributed by atoms with Crippen molar-refractivity contribution in [3.8, 4) is 0 Å². The van der Waals surface area contributed by atoms with E-state index in [4.69, 9.17) is 0 Å². The number of carbonyl (C=O) groups is 2. The molecular weight excluding hydrogens is 220 g/mol. The molecule has 0 unspecified atom stereocenters. The zero-order chi connectivity index (χ0) is 13.2. The molecular formula is C12H22N2O3. The van der Waals surface area contributed by atoms with Gasteiger partial charge in [-0.2, -0.15) is 0 Å². The highest BCUT2D eigenvalue weighted by atomic mass is 16.3. The van der Waals surface area contributed by atoms with Gasteiger partial charge in [0.05, 0.1) is 6.10 Å². The molecule has 0 saturated carbocycles. The number of nitrogens with one attached hydrogen (secondary N) is 1. The van der Waals surface area contributed by atoms with Crippen molar-refractivity contribution >= 4 is 11.8 Å². The van der Waals surface area contributed by atoms with Crippen LogP contribution in [0.25, 0.3) is 0 Å². The summed E-state index contributed by atoms with van der Waals surface area (Å²) in [5.74, 6) is -0.348. The number of carbonyl (C=O) groups excluding carboxylic acids is 2. The lowest BCUT2D eigenvalue weighted by Crippen LogP contribution is -2.51. The van der Waals surface area contributed by atoms with Gasteiger partial charge in [-0.1, -0.05) is 6.92 Å². The summed E-state index contributed by atoms with van der Waals surface area (Å²) in [4.78, 5) is 24.9. The van der Waals surface area contributed by atoms with Gasteiger partial charge in [-0.3, -0.25) is 9.59 Å². The Bertz CT molecular complexity index is 315. The summed E-state index contributed by atoms with van der Waals surface area (Å²) in [7, 11) is 0. The molecule has 0 bridgehead atoms. The van der Waals surface area contributed by atoms with E-state index in [1.54, 1.807) is 0 Å². The number of hydrogen-bond acceptors (Lipinski definition) is 3. The second kappa shape index (κ2) is 5.04. The van der Waals surface area contributed by atoms with E-state index in [-0.39, 0.29) is 23.9 Å². The summed E-state index contributed by atoms with van der Waals surface area (Å²) in [6, 6.07) is -0.534. The Balaban J connectivity index is 2.71. The predicted molar refractivity (Wildman–Crippen MR) is 64.3 cm³/mol. The molecule has 17 heavy (non-hydrogen) atoms. The van der Waals surface area contributed by atoms with Crippen LogP contribution in [0.5, 0.6) is 0 Å². The van der Waals surface area contributed by atoms with E-state index in [1.807, 2.05) is 20.8 Å². The molecule has 1 aliphatic heterocycles. The molecule has 1 saturated heterocycles. The highest BCUT2D eigenvalue weighted by Gasteiger charge is 2.38. The number of likely N-dealkylation sites (tertiary alicyclic amines) is 1. The van der Waals surface area contributed by atoms with Crippen molar-refractivity contribution in [1.82, 2.24) is 10.2 Å². The maximum absolute atomic E-state index is 12.1. The molecule has 0 aromatic carbocycles. The van der Waals surface area contributed by atoms with Gasteiger partial charge < -0.3 is 15.3 Å². The number of rotatable bonds is 3. The summed E-state index contributed by atoms with van der Waals surface area (Å²) in [6.45, 7) is 7.54. The third-order valence-corrected chi connectivity index (χ3v) is 3.33. The minimum atomic E-state index is -0.598. The third-order valence-electron chi connectivity index (χ3n) is 3.33. The van der Waals surface area contributed by atoms with E-state index in [0.29, 0.717) is 6.42 Å². The van der Waals surface area contributed by atoms with Crippen LogP contribution in [0.2, 0.25) is 0 Å². The molecule has 1 aliphatic rings. The van der Waals surface area contributed by atoms with E-state index in [0.717, 1.165) is 6.42 Å². The molecule has 0 aliphatic carbocycles. The van der Waals surface area contributed by atoms with Crippen LogP contribution in [-0.2, 0) is 9.59 Å². The van der Waals surface area contributed by atoms with Crippen molar-refractivity contribution in [2.45, 2.75) is 58.2 Å². The first-order valence-electron chi connectivity index (χ1n) is 6.04. The minimum Gasteiger partial charge on any atom is -0.391 e. The van der Waals surface area contributed by atoms with Crippen LogP contribution in [0.4, 0.5) is 0 Å². The van der Waals surface area contributed by atoms with Crippen LogP contribution in [0, 0.1) is 0 Å². The number of amides is 2. The van der Waals surface area contributed by atoms with Crippen molar-refractivity contribution < 1.29 is 14.7 Å². The second-order valence-corrected chi connectivity index (χ2v) is 5.30. The van der Waals surface area contributed by atoms with Gasteiger partial charge in [-0.25, -0.2) is 0 Å². The van der Waals surface area contributed by atoms with Crippen LogP contribution >= 0.6 is 0 Å². The zero-order valence-electron chi connectivity index (χ0n) is 11.0. The van der Waals surface area contributed by atoms with Gasteiger partial charge in [0, 0.05) is 25.4 Å². The summed E-state index contributed by atoms with van der Waals surface area (Å²) >= 11 is 0. The highest BCUT2D eigenvalue weighted by Crippen LogP contribution is 2.19. The summed E-state index contributed by atoms with van der Waals surface area (Å²) in [5, 5.41) is 12.5. The number of aliphatic hydroxyl groups excluding tert-OH is 1. The minimum absolute atomic E-state index is 0.170. The van der Waals surface area contributed by atoms with Crippen LogP contribution < -0.4 is 5.32 Å². The van der Waals surface area contributed by atoms with Gasteiger partial charge in [-0.15, -0.1) is 0 Å². The van der Waals surface area contributed by atoms with Crippen molar-refractivity contribution in [2.24, 2.45) is 0 Å². The molecule has 1 rings (SSSR count). The Kier molecular flexibility index (Phi) is 4.14. The summed E-state index contributed by atoms with van der Waals surface area (Å²) < 4.78 is 0. The third kappa shape index (κ3) is 3.43. The number of hydrogen-bond donors (Lipinski definition) is 2. The lowest BCUT2D eigenvalue weighted by atomic mass is 10.0. The van der Waals surface area contributed by atoms with Crippen LogP contribution in [-0.4, -0.2) is 46.1 Å². The maximum Gasteiger partial charge on any atom is 0.243 e. The first-order valence-corrected chi connectivity index (χ1v) is 6.04. The molecule has 0 spiro atoms. The average Bonchev–Trinajstić information content (AvgIpc) is 2.60. The fourth-order valence-electron chi connectivity index (χ4n) is 1.92. The van der Waals surface area contributed by atoms with E-state index >= 15 is 0 Å². The molecule has 5 nitrogen and oxygen atoms in total. The monoisotopic (exact) mass is 242 g/mol. The van der Waals surface area contributed by atoms with Crippen molar-refractivity contribution in [1.29, 1.82) is 0 Å². The molecule has 2 N–H and O–H groups in total. The molecule has 0 aromatic rings. The molecule has 2 atom stereocenters. The van der Waals surface area contributed by atoms with E-state index in [1.165, 1.54) is 11.8 Å². The SMILES string of the molecule is CCC(C)(C)NC(=O)[C@H]1C[C@H](O)CN1C(C)=O. The molecule has 0 radical (unpaired) electrons. The predicted octanol–water partition coefficient (Wildman–Crippen LogP) is 0.273. The average molecular weight is 242 g/mol. The van der Waals surface area contributed by atoms with E-state index in [9.17, 15) is 14.7 Å². The Morgan fingerprint density at radius 2 is 2.06 bits per heavy atom. The van der Waals surface area contributed by atoms with Gasteiger partial charge in [-0.05, 0) is 20.3 Å². The van der Waals surface area contributed by atoms with Gasteiger partial charge >= 0.3 is 0 Å². The molecule has 1 fully saturated rings. The van der Waals surface area contributed by atoms with Crippen LogP contribution in [0.3, 0.4) is 0 Å². The van der Waals surface area contributed by atoms with Crippen molar-refractivity contribution in [3.05, 3.63) is 0 Å². The zero-order valence-corrected chi connectivity index (χ0v) is 11.0. The molecule has 1 heterocycles. The van der Waals surface area contributed by atoms with Gasteiger partial charge in [0.2, 0.25) is 11.8 Å². The first-order chi connectivity index (χ1) is 7.76. The fourth-order valence-corrected chi connectivity index (χ4v) is 1.92. The van der Waals surface area contributed by atoms with Crippen molar-refractivity contribution in [3.63, 3.8) is 0 Å². The van der Waals surface area contributed by atoms with Crippen LogP contribution in [0.15, 0.2) is 0 Å². The summed E-state index contributed by atoms with van der Waals surface area (Å²) in [5.41, 5.74) is -0.285. The lowest BCUT2D eigenvalue weighted by molar-refractivity contribution is -0.137. The Morgan fingerprint density at radius 3 is 2.53 bits per heavy atom. The Hall–Kier alpha value is -1.10. The number of nitrogens with zero attached hydrogens (tertiary/aromatic N) is 1. The lowest BCUT2D eigenvalue weighted by Gasteiger charge is -2.29. The van der Waals surface area contributed by atoms with Gasteiger partial charge in [0.25, 0.3) is 0 Å². The Morgan fingerprint density at radius 1 is 1.47 bits per heavy atom. The largest absolute Gasteiger partial charge is 0.391 e. The first kappa shape index (κ1) is 14.0. The molecule has 0 aromatic heterocycles. The number of aliphatic hydroxyl groups is 1. The van der Waals surface area contributed by atoms with Gasteiger partial charge in [0.1, 0.15) is 6.04 Å². The highest BCUT2D eigenvalue weighted by molar-refractivity contribution is 5.88. The molecule has 2 amide bonds. The summed E-state index contributed by atoms with van der Waals surface area (Å²) in [6.07, 6.45) is 0.540. The normalized spacial score (nSPS) is 24.9. The van der Waals surface area contributed by atoms with Crippen LogP contribution in [0.1, 0.15) is 40.5 Å². The van der Waals surface area contributed by atoms with E-state index in [2.05, 4.69) is 5.32 Å². The quantitative estimate of drug-likeness (QED) is 0.746. The van der Waals surface area contributed by atoms with Gasteiger partial charge in [0.15, 0.2) is 0 Å². The number of β-amino-alcohol motifs (C(OH)–C–C–N with tert-alkyl or cyclic N) is 1. The smallest absolute Gasteiger partial charge is 0.243 e. The molecule has 5 heteroatoms. The Labute approximate surface area is 102 Å². The van der Waals surface area contributed by atoms with E-state index < -0.39 is 12.1 Å². The topological polar surface area (TPSA) is 69.6 Å². The molecule has 98 valence electrons.